The van der Waals surface area contributed by atoms with Crippen LogP contribution in [0.1, 0.15) is 19.8 Å². The first-order valence-corrected chi connectivity index (χ1v) is 4.23. The number of ketones is 1. The second kappa shape index (κ2) is 3.51. The minimum Gasteiger partial charge on any atom is -0.370 e. The van der Waals surface area contributed by atoms with Crippen LogP contribution in [0.25, 0.3) is 0 Å². The van der Waals surface area contributed by atoms with Crippen LogP contribution in [0.3, 0.4) is 0 Å². The number of carbonyl (C=O) groups excluding carboxylic acids is 1. The highest BCUT2D eigenvalue weighted by Crippen LogP contribution is 2.17. The Labute approximate surface area is 72.2 Å². The molecule has 1 aliphatic rings. The monoisotopic (exact) mass is 172 g/mol. The normalized spacial score (nSPS) is 28.4. The molecule has 0 aromatic carbocycles. The Bertz CT molecular complexity index is 174. The molecule has 1 saturated heterocycles. The van der Waals surface area contributed by atoms with Gasteiger partial charge in [0.25, 0.3) is 0 Å². The Kier molecular flexibility index (Phi) is 2.82. The summed E-state index contributed by atoms with van der Waals surface area (Å²) in [7, 11) is 0. The molecule has 0 saturated carbocycles. The molecule has 1 heterocycles. The van der Waals surface area contributed by atoms with Crippen molar-refractivity contribution in [3.63, 3.8) is 0 Å². The summed E-state index contributed by atoms with van der Waals surface area (Å²) in [5, 5.41) is 0. The lowest BCUT2D eigenvalue weighted by atomic mass is 9.93. The van der Waals surface area contributed by atoms with Crippen LogP contribution in [-0.4, -0.2) is 30.6 Å². The van der Waals surface area contributed by atoms with Crippen molar-refractivity contribution in [2.45, 2.75) is 31.4 Å². The average Bonchev–Trinajstić information content (AvgIpc) is 2.55. The summed E-state index contributed by atoms with van der Waals surface area (Å²) in [5.41, 5.74) is 10.1. The van der Waals surface area contributed by atoms with Crippen molar-refractivity contribution in [2.24, 2.45) is 11.5 Å². The third-order valence-corrected chi connectivity index (χ3v) is 2.21. The van der Waals surface area contributed by atoms with Gasteiger partial charge in [0.2, 0.25) is 0 Å². The molecule has 0 bridgehead atoms. The molecule has 0 amide bonds. The molecule has 2 atom stereocenters. The molecular weight excluding hydrogens is 156 g/mol. The van der Waals surface area contributed by atoms with Gasteiger partial charge >= 0.3 is 0 Å². The molecule has 0 aliphatic carbocycles. The topological polar surface area (TPSA) is 78.3 Å². The average molecular weight is 172 g/mol. The third kappa shape index (κ3) is 1.83. The minimum atomic E-state index is -0.922. The fraction of sp³-hybridized carbons (Fsp3) is 0.875. The van der Waals surface area contributed by atoms with Crippen LogP contribution < -0.4 is 11.5 Å². The number of hydrogen-bond acceptors (Lipinski definition) is 4. The van der Waals surface area contributed by atoms with Crippen molar-refractivity contribution >= 4 is 5.78 Å². The van der Waals surface area contributed by atoms with Gasteiger partial charge in [-0.05, 0) is 19.8 Å². The quantitative estimate of drug-likeness (QED) is 0.596. The molecule has 0 aromatic heterocycles. The smallest absolute Gasteiger partial charge is 0.182 e. The van der Waals surface area contributed by atoms with Gasteiger partial charge in [-0.15, -0.1) is 0 Å². The highest BCUT2D eigenvalue weighted by atomic mass is 16.5. The van der Waals surface area contributed by atoms with Crippen LogP contribution >= 0.6 is 0 Å². The van der Waals surface area contributed by atoms with Gasteiger partial charge in [0, 0.05) is 13.2 Å². The van der Waals surface area contributed by atoms with Gasteiger partial charge < -0.3 is 16.2 Å². The Morgan fingerprint density at radius 1 is 1.75 bits per heavy atom. The van der Waals surface area contributed by atoms with Gasteiger partial charge in [0.1, 0.15) is 6.10 Å². The highest BCUT2D eigenvalue weighted by Gasteiger charge is 2.35. The lowest BCUT2D eigenvalue weighted by molar-refractivity contribution is -0.132. The largest absolute Gasteiger partial charge is 0.370 e. The standard InChI is InChI=1S/C8H16N2O2/c1-8(10,5-9)7(11)6-3-2-4-12-6/h6H,2-5,9-10H2,1H3. The number of hydrogen-bond donors (Lipinski definition) is 2. The SMILES string of the molecule is CC(N)(CN)C(=O)C1CCCO1. The summed E-state index contributed by atoms with van der Waals surface area (Å²) in [6, 6.07) is 0. The van der Waals surface area contributed by atoms with E-state index in [-0.39, 0.29) is 18.4 Å². The summed E-state index contributed by atoms with van der Waals surface area (Å²) in [6.45, 7) is 2.49. The fourth-order valence-corrected chi connectivity index (χ4v) is 1.25. The summed E-state index contributed by atoms with van der Waals surface area (Å²) >= 11 is 0. The fourth-order valence-electron chi connectivity index (χ4n) is 1.25. The lowest BCUT2D eigenvalue weighted by Gasteiger charge is -2.23. The first kappa shape index (κ1) is 9.64. The zero-order valence-corrected chi connectivity index (χ0v) is 7.38. The molecule has 2 unspecified atom stereocenters. The Morgan fingerprint density at radius 3 is 2.83 bits per heavy atom. The second-order valence-electron chi connectivity index (χ2n) is 3.49. The number of rotatable bonds is 3. The van der Waals surface area contributed by atoms with Crippen molar-refractivity contribution in [1.82, 2.24) is 0 Å². The second-order valence-corrected chi connectivity index (χ2v) is 3.49. The summed E-state index contributed by atoms with van der Waals surface area (Å²) in [4.78, 5) is 11.6. The van der Waals surface area contributed by atoms with E-state index in [0.717, 1.165) is 12.8 Å². The molecule has 4 heteroatoms. The van der Waals surface area contributed by atoms with E-state index in [9.17, 15) is 4.79 Å². The van der Waals surface area contributed by atoms with Crippen LogP contribution in [0.15, 0.2) is 0 Å². The molecule has 1 fully saturated rings. The first-order valence-electron chi connectivity index (χ1n) is 4.23. The number of Topliss-reactive ketones (excluding diaryl/α,β-unsaturated/α-hetero) is 1. The highest BCUT2D eigenvalue weighted by molar-refractivity contribution is 5.92. The van der Waals surface area contributed by atoms with Crippen LogP contribution in [0.5, 0.6) is 0 Å². The van der Waals surface area contributed by atoms with E-state index in [4.69, 9.17) is 16.2 Å². The molecule has 70 valence electrons. The van der Waals surface area contributed by atoms with E-state index in [2.05, 4.69) is 0 Å². The molecular formula is C8H16N2O2. The molecule has 4 N–H and O–H groups in total. The van der Waals surface area contributed by atoms with E-state index in [1.165, 1.54) is 0 Å². The van der Waals surface area contributed by atoms with Crippen molar-refractivity contribution in [1.29, 1.82) is 0 Å². The van der Waals surface area contributed by atoms with Gasteiger partial charge in [-0.25, -0.2) is 0 Å². The zero-order valence-electron chi connectivity index (χ0n) is 7.38. The predicted octanol–water partition coefficient (Wildman–Crippen LogP) is -0.589. The lowest BCUT2D eigenvalue weighted by Crippen LogP contribution is -2.55. The first-order chi connectivity index (χ1) is 5.58. The Balaban J connectivity index is 2.56. The zero-order chi connectivity index (χ0) is 9.19. The van der Waals surface area contributed by atoms with E-state index in [1.807, 2.05) is 0 Å². The van der Waals surface area contributed by atoms with E-state index in [0.29, 0.717) is 6.61 Å². The van der Waals surface area contributed by atoms with E-state index < -0.39 is 5.54 Å². The van der Waals surface area contributed by atoms with Crippen molar-refractivity contribution in [3.05, 3.63) is 0 Å². The van der Waals surface area contributed by atoms with Gasteiger partial charge in [-0.3, -0.25) is 4.79 Å². The van der Waals surface area contributed by atoms with Crippen molar-refractivity contribution in [3.8, 4) is 0 Å². The van der Waals surface area contributed by atoms with Crippen LogP contribution in [0, 0.1) is 0 Å². The Morgan fingerprint density at radius 2 is 2.42 bits per heavy atom. The number of carbonyl (C=O) groups is 1. The predicted molar refractivity (Wildman–Crippen MR) is 45.6 cm³/mol. The summed E-state index contributed by atoms with van der Waals surface area (Å²) in [6.07, 6.45) is 1.41. The molecule has 0 radical (unpaired) electrons. The molecule has 1 aliphatic heterocycles. The van der Waals surface area contributed by atoms with E-state index >= 15 is 0 Å². The maximum absolute atomic E-state index is 11.6. The van der Waals surface area contributed by atoms with Crippen molar-refractivity contribution < 1.29 is 9.53 Å². The van der Waals surface area contributed by atoms with Gasteiger partial charge in [-0.1, -0.05) is 0 Å². The maximum atomic E-state index is 11.6. The van der Waals surface area contributed by atoms with Gasteiger partial charge in [0.15, 0.2) is 5.78 Å². The molecule has 4 nitrogen and oxygen atoms in total. The van der Waals surface area contributed by atoms with E-state index in [1.54, 1.807) is 6.92 Å². The summed E-state index contributed by atoms with van der Waals surface area (Å²) in [5.74, 6) is -0.0671. The third-order valence-electron chi connectivity index (χ3n) is 2.21. The van der Waals surface area contributed by atoms with Crippen LogP contribution in [-0.2, 0) is 9.53 Å². The van der Waals surface area contributed by atoms with Crippen molar-refractivity contribution in [2.75, 3.05) is 13.2 Å². The number of nitrogens with two attached hydrogens (primary N) is 2. The van der Waals surface area contributed by atoms with Gasteiger partial charge in [0.05, 0.1) is 5.54 Å². The van der Waals surface area contributed by atoms with Crippen LogP contribution in [0.2, 0.25) is 0 Å². The number of ether oxygens (including phenoxy) is 1. The molecule has 0 aromatic rings. The minimum absolute atomic E-state index is 0.0671. The molecule has 12 heavy (non-hydrogen) atoms. The maximum Gasteiger partial charge on any atom is 0.182 e. The summed E-state index contributed by atoms with van der Waals surface area (Å²) < 4.78 is 5.22. The van der Waals surface area contributed by atoms with Crippen LogP contribution in [0.4, 0.5) is 0 Å². The molecule has 1 rings (SSSR count). The Hall–Kier alpha value is -0.450. The van der Waals surface area contributed by atoms with Gasteiger partial charge in [-0.2, -0.15) is 0 Å². The molecule has 0 spiro atoms.